The third-order valence-corrected chi connectivity index (χ3v) is 2.97. The number of nitrogens with zero attached hydrogens (tertiary/aromatic N) is 1. The molecule has 19 heavy (non-hydrogen) atoms. The second-order valence-electron chi connectivity index (χ2n) is 4.52. The van der Waals surface area contributed by atoms with Crippen molar-refractivity contribution in [3.05, 3.63) is 35.1 Å². The topological polar surface area (TPSA) is 43.7 Å². The molecule has 0 aliphatic rings. The molecule has 1 aromatic carbocycles. The van der Waals surface area contributed by atoms with E-state index in [0.717, 1.165) is 5.56 Å². The van der Waals surface area contributed by atoms with Gasteiger partial charge in [0.05, 0.1) is 13.2 Å². The molecule has 1 rings (SSSR count). The average Bonchev–Trinajstić information content (AvgIpc) is 2.40. The highest BCUT2D eigenvalue weighted by atomic mass is 19.1. The van der Waals surface area contributed by atoms with Crippen molar-refractivity contribution in [2.75, 3.05) is 20.3 Å². The monoisotopic (exact) mass is 265 g/mol. The van der Waals surface area contributed by atoms with Gasteiger partial charge >= 0.3 is 0 Å². The van der Waals surface area contributed by atoms with E-state index < -0.39 is 0 Å². The van der Waals surface area contributed by atoms with E-state index in [-0.39, 0.29) is 25.1 Å². The van der Waals surface area contributed by atoms with Gasteiger partial charge < -0.3 is 10.2 Å². The van der Waals surface area contributed by atoms with Crippen LogP contribution in [0.5, 0.6) is 0 Å². The SMILES string of the molecule is CC(CO)N(C)Cc1ccc(F)cc1C#CCCO. The van der Waals surface area contributed by atoms with Crippen LogP contribution in [-0.2, 0) is 6.54 Å². The highest BCUT2D eigenvalue weighted by molar-refractivity contribution is 5.41. The third kappa shape index (κ3) is 4.99. The summed E-state index contributed by atoms with van der Waals surface area (Å²) in [6.45, 7) is 2.58. The molecule has 3 nitrogen and oxygen atoms in total. The molecule has 0 amide bonds. The minimum Gasteiger partial charge on any atom is -0.395 e. The van der Waals surface area contributed by atoms with Crippen LogP contribution in [0.25, 0.3) is 0 Å². The highest BCUT2D eigenvalue weighted by Gasteiger charge is 2.10. The van der Waals surface area contributed by atoms with Crippen molar-refractivity contribution in [2.24, 2.45) is 0 Å². The molecule has 0 fully saturated rings. The highest BCUT2D eigenvalue weighted by Crippen LogP contribution is 2.13. The molecule has 0 aliphatic heterocycles. The molecule has 0 radical (unpaired) electrons. The van der Waals surface area contributed by atoms with Crippen molar-refractivity contribution in [3.8, 4) is 11.8 Å². The van der Waals surface area contributed by atoms with Crippen LogP contribution in [0.1, 0.15) is 24.5 Å². The Labute approximate surface area is 113 Å². The summed E-state index contributed by atoms with van der Waals surface area (Å²) in [5.74, 6) is 5.35. The normalized spacial score (nSPS) is 12.1. The predicted molar refractivity (Wildman–Crippen MR) is 73.0 cm³/mol. The molecule has 0 heterocycles. The van der Waals surface area contributed by atoms with Gasteiger partial charge in [-0.15, -0.1) is 0 Å². The van der Waals surface area contributed by atoms with Gasteiger partial charge in [0.15, 0.2) is 0 Å². The maximum absolute atomic E-state index is 13.2. The molecular weight excluding hydrogens is 245 g/mol. The van der Waals surface area contributed by atoms with Crippen LogP contribution in [0, 0.1) is 17.7 Å². The molecule has 2 N–H and O–H groups in total. The van der Waals surface area contributed by atoms with E-state index in [1.165, 1.54) is 12.1 Å². The lowest BCUT2D eigenvalue weighted by atomic mass is 10.1. The number of benzene rings is 1. The molecule has 0 saturated carbocycles. The first kappa shape index (κ1) is 15.6. The van der Waals surface area contributed by atoms with Crippen LogP contribution in [0.2, 0.25) is 0 Å². The van der Waals surface area contributed by atoms with Gasteiger partial charge in [-0.3, -0.25) is 4.90 Å². The average molecular weight is 265 g/mol. The first-order valence-electron chi connectivity index (χ1n) is 6.27. The van der Waals surface area contributed by atoms with E-state index in [1.54, 1.807) is 6.07 Å². The number of likely N-dealkylation sites (N-methyl/N-ethyl adjacent to an activating group) is 1. The smallest absolute Gasteiger partial charge is 0.124 e. The Balaban J connectivity index is 2.91. The summed E-state index contributed by atoms with van der Waals surface area (Å²) >= 11 is 0. The van der Waals surface area contributed by atoms with Gasteiger partial charge in [-0.05, 0) is 31.7 Å². The predicted octanol–water partition coefficient (Wildman–Crippen LogP) is 1.37. The lowest BCUT2D eigenvalue weighted by Crippen LogP contribution is -2.31. The quantitative estimate of drug-likeness (QED) is 0.790. The Kier molecular flexibility index (Phi) is 6.51. The number of aliphatic hydroxyl groups is 2. The van der Waals surface area contributed by atoms with Crippen molar-refractivity contribution in [2.45, 2.75) is 25.9 Å². The molecule has 0 bridgehead atoms. The van der Waals surface area contributed by atoms with Crippen LogP contribution in [-0.4, -0.2) is 41.4 Å². The van der Waals surface area contributed by atoms with Crippen molar-refractivity contribution in [1.82, 2.24) is 4.90 Å². The zero-order chi connectivity index (χ0) is 14.3. The molecule has 0 aromatic heterocycles. The van der Waals surface area contributed by atoms with E-state index in [4.69, 9.17) is 10.2 Å². The first-order chi connectivity index (χ1) is 9.08. The fourth-order valence-corrected chi connectivity index (χ4v) is 1.58. The molecular formula is C15H20FNO2. The van der Waals surface area contributed by atoms with E-state index in [0.29, 0.717) is 18.5 Å². The maximum Gasteiger partial charge on any atom is 0.124 e. The summed E-state index contributed by atoms with van der Waals surface area (Å²) in [6.07, 6.45) is 0.374. The van der Waals surface area contributed by atoms with E-state index in [2.05, 4.69) is 11.8 Å². The largest absolute Gasteiger partial charge is 0.395 e. The Morgan fingerprint density at radius 1 is 1.37 bits per heavy atom. The van der Waals surface area contributed by atoms with Crippen LogP contribution in [0.4, 0.5) is 4.39 Å². The Morgan fingerprint density at radius 2 is 2.11 bits per heavy atom. The molecule has 1 atom stereocenters. The van der Waals surface area contributed by atoms with Gasteiger partial charge in [0.2, 0.25) is 0 Å². The maximum atomic E-state index is 13.2. The minimum atomic E-state index is -0.324. The standard InChI is InChI=1S/C15H20FNO2/c1-12(11-19)17(2)10-14-6-7-15(16)9-13(14)5-3-4-8-18/h6-7,9,12,18-19H,4,8,10-11H2,1-2H3. The number of rotatable bonds is 5. The van der Waals surface area contributed by atoms with Gasteiger partial charge in [0.25, 0.3) is 0 Å². The van der Waals surface area contributed by atoms with E-state index in [9.17, 15) is 4.39 Å². The Bertz CT molecular complexity index is 465. The van der Waals surface area contributed by atoms with Crippen LogP contribution in [0.15, 0.2) is 18.2 Å². The van der Waals surface area contributed by atoms with Gasteiger partial charge in [-0.25, -0.2) is 4.39 Å². The molecule has 1 unspecified atom stereocenters. The zero-order valence-corrected chi connectivity index (χ0v) is 11.4. The number of aliphatic hydroxyl groups excluding tert-OH is 2. The van der Waals surface area contributed by atoms with Gasteiger partial charge in [-0.2, -0.15) is 0 Å². The molecule has 0 aliphatic carbocycles. The van der Waals surface area contributed by atoms with Crippen molar-refractivity contribution in [1.29, 1.82) is 0 Å². The molecule has 4 heteroatoms. The Hall–Kier alpha value is -1.41. The zero-order valence-electron chi connectivity index (χ0n) is 11.4. The fourth-order valence-electron chi connectivity index (χ4n) is 1.58. The second kappa shape index (κ2) is 7.90. The summed E-state index contributed by atoms with van der Waals surface area (Å²) in [5.41, 5.74) is 1.54. The van der Waals surface area contributed by atoms with Gasteiger partial charge in [-0.1, -0.05) is 17.9 Å². The van der Waals surface area contributed by atoms with Crippen molar-refractivity contribution in [3.63, 3.8) is 0 Å². The number of hydrogen-bond donors (Lipinski definition) is 2. The fraction of sp³-hybridized carbons (Fsp3) is 0.467. The lowest BCUT2D eigenvalue weighted by molar-refractivity contribution is 0.154. The third-order valence-electron chi connectivity index (χ3n) is 2.97. The summed E-state index contributed by atoms with van der Waals surface area (Å²) in [4.78, 5) is 1.98. The van der Waals surface area contributed by atoms with Gasteiger partial charge in [0, 0.05) is 24.6 Å². The van der Waals surface area contributed by atoms with Crippen molar-refractivity contribution >= 4 is 0 Å². The lowest BCUT2D eigenvalue weighted by Gasteiger charge is -2.23. The summed E-state index contributed by atoms with van der Waals surface area (Å²) < 4.78 is 13.2. The molecule has 0 saturated heterocycles. The molecule has 104 valence electrons. The summed E-state index contributed by atoms with van der Waals surface area (Å²) in [7, 11) is 1.90. The minimum absolute atomic E-state index is 0.000895. The van der Waals surface area contributed by atoms with Crippen LogP contribution < -0.4 is 0 Å². The molecule has 0 spiro atoms. The van der Waals surface area contributed by atoms with Gasteiger partial charge in [0.1, 0.15) is 5.82 Å². The number of halogens is 1. The number of hydrogen-bond acceptors (Lipinski definition) is 3. The Morgan fingerprint density at radius 3 is 2.74 bits per heavy atom. The van der Waals surface area contributed by atoms with E-state index >= 15 is 0 Å². The second-order valence-corrected chi connectivity index (χ2v) is 4.52. The first-order valence-corrected chi connectivity index (χ1v) is 6.27. The van der Waals surface area contributed by atoms with Crippen molar-refractivity contribution < 1.29 is 14.6 Å². The summed E-state index contributed by atoms with van der Waals surface area (Å²) in [6, 6.07) is 4.54. The van der Waals surface area contributed by atoms with Crippen LogP contribution >= 0.6 is 0 Å². The summed E-state index contributed by atoms with van der Waals surface area (Å²) in [5, 5.41) is 17.8. The van der Waals surface area contributed by atoms with Crippen LogP contribution in [0.3, 0.4) is 0 Å². The molecule has 1 aromatic rings. The van der Waals surface area contributed by atoms with E-state index in [1.807, 2.05) is 18.9 Å².